The number of carbonyl (C=O) groups is 1. The predicted octanol–water partition coefficient (Wildman–Crippen LogP) is 1.73. The molecule has 3 rings (SSSR count). The SMILES string of the molecule is O=C1CC2CCC(C1)N2C1CCC1. The fourth-order valence-corrected chi connectivity index (χ4v) is 3.29. The van der Waals surface area contributed by atoms with Gasteiger partial charge in [0.05, 0.1) is 0 Å². The molecule has 2 aliphatic heterocycles. The van der Waals surface area contributed by atoms with E-state index in [0.717, 1.165) is 18.9 Å². The molecule has 2 atom stereocenters. The second kappa shape index (κ2) is 2.81. The zero-order valence-corrected chi connectivity index (χ0v) is 8.04. The van der Waals surface area contributed by atoms with E-state index in [1.165, 1.54) is 32.1 Å². The highest BCUT2D eigenvalue weighted by Gasteiger charge is 2.44. The van der Waals surface area contributed by atoms with E-state index < -0.39 is 0 Å². The highest BCUT2D eigenvalue weighted by Crippen LogP contribution is 2.40. The van der Waals surface area contributed by atoms with Crippen LogP contribution in [-0.4, -0.2) is 28.8 Å². The second-order valence-corrected chi connectivity index (χ2v) is 4.86. The first-order chi connectivity index (χ1) is 6.34. The van der Waals surface area contributed by atoms with Crippen LogP contribution in [0.3, 0.4) is 0 Å². The Morgan fingerprint density at radius 2 is 1.54 bits per heavy atom. The van der Waals surface area contributed by atoms with E-state index in [2.05, 4.69) is 4.90 Å². The van der Waals surface area contributed by atoms with Crippen LogP contribution in [0.5, 0.6) is 0 Å². The minimum Gasteiger partial charge on any atom is -0.300 e. The topological polar surface area (TPSA) is 20.3 Å². The van der Waals surface area contributed by atoms with Gasteiger partial charge in [-0.25, -0.2) is 0 Å². The maximum absolute atomic E-state index is 11.4. The van der Waals surface area contributed by atoms with E-state index in [0.29, 0.717) is 17.9 Å². The van der Waals surface area contributed by atoms with Crippen molar-refractivity contribution in [3.63, 3.8) is 0 Å². The molecular formula is C11H17NO. The number of carbonyl (C=O) groups excluding carboxylic acids is 1. The molecule has 13 heavy (non-hydrogen) atoms. The zero-order valence-electron chi connectivity index (χ0n) is 8.04. The molecule has 2 saturated heterocycles. The third-order valence-electron chi connectivity index (χ3n) is 4.10. The van der Waals surface area contributed by atoms with Crippen LogP contribution in [0.2, 0.25) is 0 Å². The standard InChI is InChI=1S/C11H17NO/c13-11-6-9-4-5-10(7-11)12(9)8-2-1-3-8/h8-10H,1-7H2. The normalized spacial score (nSPS) is 40.8. The molecule has 0 amide bonds. The van der Waals surface area contributed by atoms with E-state index in [1.54, 1.807) is 0 Å². The Morgan fingerprint density at radius 3 is 2.00 bits per heavy atom. The molecule has 3 aliphatic rings. The van der Waals surface area contributed by atoms with Gasteiger partial charge in [0.1, 0.15) is 5.78 Å². The zero-order chi connectivity index (χ0) is 8.84. The van der Waals surface area contributed by atoms with E-state index >= 15 is 0 Å². The molecule has 2 bridgehead atoms. The minimum atomic E-state index is 0.517. The van der Waals surface area contributed by atoms with E-state index in [1.807, 2.05) is 0 Å². The fraction of sp³-hybridized carbons (Fsp3) is 0.909. The van der Waals surface area contributed by atoms with Gasteiger partial charge in [-0.05, 0) is 25.7 Å². The van der Waals surface area contributed by atoms with Gasteiger partial charge in [-0.3, -0.25) is 9.69 Å². The number of rotatable bonds is 1. The summed E-state index contributed by atoms with van der Waals surface area (Å²) in [7, 11) is 0. The summed E-state index contributed by atoms with van der Waals surface area (Å²) in [6.07, 6.45) is 8.47. The van der Waals surface area contributed by atoms with Crippen LogP contribution >= 0.6 is 0 Å². The lowest BCUT2D eigenvalue weighted by Crippen LogP contribution is -2.51. The van der Waals surface area contributed by atoms with E-state index in [9.17, 15) is 4.79 Å². The molecule has 3 fully saturated rings. The lowest BCUT2D eigenvalue weighted by atomic mass is 9.87. The van der Waals surface area contributed by atoms with Crippen molar-refractivity contribution in [1.29, 1.82) is 0 Å². The molecular weight excluding hydrogens is 162 g/mol. The lowest BCUT2D eigenvalue weighted by Gasteiger charge is -2.44. The van der Waals surface area contributed by atoms with Gasteiger partial charge in [0.2, 0.25) is 0 Å². The molecule has 2 heteroatoms. The van der Waals surface area contributed by atoms with Crippen LogP contribution in [0, 0.1) is 0 Å². The summed E-state index contributed by atoms with van der Waals surface area (Å²) >= 11 is 0. The summed E-state index contributed by atoms with van der Waals surface area (Å²) < 4.78 is 0. The minimum absolute atomic E-state index is 0.517. The average molecular weight is 179 g/mol. The molecule has 72 valence electrons. The van der Waals surface area contributed by atoms with Crippen LogP contribution in [0.15, 0.2) is 0 Å². The average Bonchev–Trinajstić information content (AvgIpc) is 2.30. The molecule has 0 aromatic rings. The van der Waals surface area contributed by atoms with Gasteiger partial charge in [0.15, 0.2) is 0 Å². The molecule has 1 aliphatic carbocycles. The van der Waals surface area contributed by atoms with Gasteiger partial charge < -0.3 is 0 Å². The predicted molar refractivity (Wildman–Crippen MR) is 50.5 cm³/mol. The number of ketones is 1. The number of piperidine rings is 1. The van der Waals surface area contributed by atoms with Crippen LogP contribution in [0.25, 0.3) is 0 Å². The smallest absolute Gasteiger partial charge is 0.136 e. The van der Waals surface area contributed by atoms with Crippen molar-refractivity contribution in [2.24, 2.45) is 0 Å². The first-order valence-electron chi connectivity index (χ1n) is 5.64. The Kier molecular flexibility index (Phi) is 1.72. The quantitative estimate of drug-likeness (QED) is 0.611. The number of Topliss-reactive ketones (excluding diaryl/α,β-unsaturated/α-hetero) is 1. The van der Waals surface area contributed by atoms with Crippen molar-refractivity contribution in [3.05, 3.63) is 0 Å². The van der Waals surface area contributed by atoms with Crippen molar-refractivity contribution in [1.82, 2.24) is 4.90 Å². The van der Waals surface area contributed by atoms with Gasteiger partial charge in [0, 0.05) is 31.0 Å². The molecule has 0 N–H and O–H groups in total. The molecule has 2 nitrogen and oxygen atoms in total. The monoisotopic (exact) mass is 179 g/mol. The Hall–Kier alpha value is -0.370. The molecule has 0 aromatic heterocycles. The first kappa shape index (κ1) is 7.98. The number of nitrogens with zero attached hydrogens (tertiary/aromatic N) is 1. The van der Waals surface area contributed by atoms with Crippen molar-refractivity contribution >= 4 is 5.78 Å². The molecule has 1 saturated carbocycles. The van der Waals surface area contributed by atoms with Gasteiger partial charge in [-0.15, -0.1) is 0 Å². The Labute approximate surface area is 79.3 Å². The fourth-order valence-electron chi connectivity index (χ4n) is 3.29. The van der Waals surface area contributed by atoms with E-state index in [4.69, 9.17) is 0 Å². The lowest BCUT2D eigenvalue weighted by molar-refractivity contribution is -0.125. The second-order valence-electron chi connectivity index (χ2n) is 4.86. The first-order valence-corrected chi connectivity index (χ1v) is 5.64. The third kappa shape index (κ3) is 1.15. The summed E-state index contributed by atoms with van der Waals surface area (Å²) in [5.74, 6) is 0.517. The number of hydrogen-bond acceptors (Lipinski definition) is 2. The number of hydrogen-bond donors (Lipinski definition) is 0. The largest absolute Gasteiger partial charge is 0.300 e. The van der Waals surface area contributed by atoms with Crippen molar-refractivity contribution in [2.45, 2.75) is 63.1 Å². The maximum Gasteiger partial charge on any atom is 0.136 e. The third-order valence-corrected chi connectivity index (χ3v) is 4.10. The molecule has 2 heterocycles. The molecule has 0 radical (unpaired) electrons. The Bertz CT molecular complexity index is 218. The highest BCUT2D eigenvalue weighted by molar-refractivity contribution is 5.81. The van der Waals surface area contributed by atoms with Gasteiger partial charge in [0.25, 0.3) is 0 Å². The highest BCUT2D eigenvalue weighted by atomic mass is 16.1. The van der Waals surface area contributed by atoms with Gasteiger partial charge in [-0.2, -0.15) is 0 Å². The van der Waals surface area contributed by atoms with Crippen LogP contribution in [0.4, 0.5) is 0 Å². The summed E-state index contributed by atoms with van der Waals surface area (Å²) in [5, 5.41) is 0. The summed E-state index contributed by atoms with van der Waals surface area (Å²) in [6, 6.07) is 2.12. The number of fused-ring (bicyclic) bond motifs is 2. The summed E-state index contributed by atoms with van der Waals surface area (Å²) in [5.41, 5.74) is 0. The Morgan fingerprint density at radius 1 is 0.923 bits per heavy atom. The van der Waals surface area contributed by atoms with Crippen molar-refractivity contribution in [2.75, 3.05) is 0 Å². The Balaban J connectivity index is 1.78. The van der Waals surface area contributed by atoms with Crippen molar-refractivity contribution < 1.29 is 4.79 Å². The summed E-state index contributed by atoms with van der Waals surface area (Å²) in [6.45, 7) is 0. The van der Waals surface area contributed by atoms with Gasteiger partial charge in [-0.1, -0.05) is 6.42 Å². The molecule has 0 aromatic carbocycles. The maximum atomic E-state index is 11.4. The molecule has 2 unspecified atom stereocenters. The van der Waals surface area contributed by atoms with Crippen LogP contribution in [-0.2, 0) is 4.79 Å². The summed E-state index contributed by atoms with van der Waals surface area (Å²) in [4.78, 5) is 14.1. The van der Waals surface area contributed by atoms with Crippen LogP contribution in [0.1, 0.15) is 44.9 Å². The van der Waals surface area contributed by atoms with Gasteiger partial charge >= 0.3 is 0 Å². The molecule has 0 spiro atoms. The van der Waals surface area contributed by atoms with E-state index in [-0.39, 0.29) is 0 Å². The van der Waals surface area contributed by atoms with Crippen LogP contribution < -0.4 is 0 Å². The van der Waals surface area contributed by atoms with Crippen molar-refractivity contribution in [3.8, 4) is 0 Å².